The van der Waals surface area contributed by atoms with E-state index >= 15 is 0 Å². The molecule has 2 aliphatic rings. The summed E-state index contributed by atoms with van der Waals surface area (Å²) in [5.74, 6) is 0.445. The van der Waals surface area contributed by atoms with E-state index in [1.54, 1.807) is 6.07 Å². The monoisotopic (exact) mass is 402 g/mol. The van der Waals surface area contributed by atoms with Gasteiger partial charge in [0.1, 0.15) is 11.4 Å². The van der Waals surface area contributed by atoms with Crippen molar-refractivity contribution in [3.63, 3.8) is 0 Å². The van der Waals surface area contributed by atoms with E-state index in [0.29, 0.717) is 16.5 Å². The number of carbonyl (C=O) groups is 1. The molecule has 2 fully saturated rings. The Morgan fingerprint density at radius 2 is 1.79 bits per heavy atom. The molecule has 6 heteroatoms. The summed E-state index contributed by atoms with van der Waals surface area (Å²) in [4.78, 5) is 20.5. The zero-order valence-electron chi connectivity index (χ0n) is 16.8. The number of aryl methyl sites for hydroxylation is 2. The van der Waals surface area contributed by atoms with Gasteiger partial charge in [-0.1, -0.05) is 17.7 Å². The minimum Gasteiger partial charge on any atom is -0.305 e. The van der Waals surface area contributed by atoms with Crippen LogP contribution in [0.2, 0.25) is 0 Å². The summed E-state index contributed by atoms with van der Waals surface area (Å²) >= 11 is 5.94. The number of rotatable bonds is 2. The fourth-order valence-corrected chi connectivity index (χ4v) is 4.61. The zero-order valence-corrected chi connectivity index (χ0v) is 17.6. The van der Waals surface area contributed by atoms with Crippen molar-refractivity contribution < 1.29 is 4.79 Å². The lowest BCUT2D eigenvalue weighted by atomic mass is 9.74. The molecule has 1 heterocycles. The van der Waals surface area contributed by atoms with Crippen molar-refractivity contribution in [3.05, 3.63) is 59.2 Å². The van der Waals surface area contributed by atoms with E-state index in [-0.39, 0.29) is 5.91 Å². The maximum atomic E-state index is 12.0. The summed E-state index contributed by atoms with van der Waals surface area (Å²) < 4.78 is 0. The highest BCUT2D eigenvalue weighted by atomic mass is 32.1. The minimum atomic E-state index is -0.403. The molecule has 1 saturated carbocycles. The van der Waals surface area contributed by atoms with E-state index in [9.17, 15) is 10.1 Å². The predicted molar refractivity (Wildman–Crippen MR) is 119 cm³/mol. The Balaban J connectivity index is 1.89. The van der Waals surface area contributed by atoms with Crippen LogP contribution in [0.3, 0.4) is 0 Å². The third kappa shape index (κ3) is 3.02. The van der Waals surface area contributed by atoms with E-state index < -0.39 is 5.54 Å². The summed E-state index contributed by atoms with van der Waals surface area (Å²) in [7, 11) is 0. The SMILES string of the molecule is CC(=O)N=C1N(c2ccc(C#N)c(C)c2)C(=S)N(c2ccc(C)cc2)C12CCC2. The van der Waals surface area contributed by atoms with Crippen LogP contribution in [0.25, 0.3) is 0 Å². The molecule has 0 unspecified atom stereocenters. The van der Waals surface area contributed by atoms with Gasteiger partial charge in [0.25, 0.3) is 0 Å². The van der Waals surface area contributed by atoms with Gasteiger partial charge in [-0.15, -0.1) is 0 Å². The number of aliphatic imine (C=N–C) groups is 1. The molecule has 146 valence electrons. The Bertz CT molecular complexity index is 1080. The Hall–Kier alpha value is -3.04. The highest BCUT2D eigenvalue weighted by Crippen LogP contribution is 2.48. The Morgan fingerprint density at radius 3 is 2.31 bits per heavy atom. The van der Waals surface area contributed by atoms with E-state index in [1.807, 2.05) is 24.0 Å². The highest BCUT2D eigenvalue weighted by molar-refractivity contribution is 7.81. The van der Waals surface area contributed by atoms with Crippen LogP contribution in [0.5, 0.6) is 0 Å². The molecule has 0 N–H and O–H groups in total. The number of hydrogen-bond acceptors (Lipinski definition) is 3. The number of anilines is 2. The van der Waals surface area contributed by atoms with Gasteiger partial charge in [-0.2, -0.15) is 10.3 Å². The largest absolute Gasteiger partial charge is 0.305 e. The first-order chi connectivity index (χ1) is 13.9. The lowest BCUT2D eigenvalue weighted by Gasteiger charge is -2.44. The molecule has 1 aliphatic carbocycles. The third-order valence-electron chi connectivity index (χ3n) is 5.76. The number of hydrogen-bond donors (Lipinski definition) is 0. The number of amides is 1. The van der Waals surface area contributed by atoms with Crippen LogP contribution in [0.15, 0.2) is 47.5 Å². The molecule has 0 atom stereocenters. The number of amidine groups is 1. The molecule has 1 amide bonds. The maximum Gasteiger partial charge on any atom is 0.244 e. The Morgan fingerprint density at radius 1 is 1.14 bits per heavy atom. The van der Waals surface area contributed by atoms with Gasteiger partial charge in [0.05, 0.1) is 11.6 Å². The van der Waals surface area contributed by atoms with Crippen molar-refractivity contribution in [2.75, 3.05) is 9.80 Å². The molecule has 0 bridgehead atoms. The van der Waals surface area contributed by atoms with E-state index in [4.69, 9.17) is 12.2 Å². The van der Waals surface area contributed by atoms with Gasteiger partial charge < -0.3 is 4.90 Å². The fraction of sp³-hybridized carbons (Fsp3) is 0.304. The fourth-order valence-electron chi connectivity index (χ4n) is 4.14. The number of thiocarbonyl (C=S) groups is 1. The van der Waals surface area contributed by atoms with Gasteiger partial charge in [0.2, 0.25) is 5.91 Å². The molecule has 1 spiro atoms. The smallest absolute Gasteiger partial charge is 0.244 e. The standard InChI is InChI=1S/C23H22N4OS/c1-15-5-8-19(9-6-15)27-22(29)26(20-10-7-18(14-24)16(2)13-20)21(25-17(3)28)23(27)11-4-12-23/h5-10,13H,4,11-12H2,1-3H3. The normalized spacial score (nSPS) is 18.8. The highest BCUT2D eigenvalue weighted by Gasteiger charge is 2.57. The van der Waals surface area contributed by atoms with Crippen LogP contribution in [0.1, 0.15) is 42.9 Å². The molecule has 0 radical (unpaired) electrons. The molecular weight excluding hydrogens is 380 g/mol. The van der Waals surface area contributed by atoms with Crippen molar-refractivity contribution in [1.82, 2.24) is 0 Å². The van der Waals surface area contributed by atoms with Crippen molar-refractivity contribution >= 4 is 40.4 Å². The van der Waals surface area contributed by atoms with Gasteiger partial charge in [-0.05, 0) is 81.2 Å². The molecule has 2 aromatic carbocycles. The first kappa shape index (κ1) is 19.3. The van der Waals surface area contributed by atoms with Crippen molar-refractivity contribution in [2.45, 2.75) is 45.6 Å². The molecule has 2 aromatic rings. The second-order valence-corrected chi connectivity index (χ2v) is 8.10. The lowest BCUT2D eigenvalue weighted by Crippen LogP contribution is -2.55. The molecule has 5 nitrogen and oxygen atoms in total. The summed E-state index contributed by atoms with van der Waals surface area (Å²) in [6, 6.07) is 16.1. The number of nitriles is 1. The van der Waals surface area contributed by atoms with Gasteiger partial charge in [-0.25, -0.2) is 0 Å². The van der Waals surface area contributed by atoms with Gasteiger partial charge in [0, 0.05) is 18.3 Å². The van der Waals surface area contributed by atoms with E-state index in [0.717, 1.165) is 36.2 Å². The summed E-state index contributed by atoms with van der Waals surface area (Å²) in [6.07, 6.45) is 2.83. The third-order valence-corrected chi connectivity index (χ3v) is 6.13. The second kappa shape index (κ2) is 7.09. The van der Waals surface area contributed by atoms with Crippen LogP contribution < -0.4 is 9.80 Å². The second-order valence-electron chi connectivity index (χ2n) is 7.74. The summed E-state index contributed by atoms with van der Waals surface area (Å²) in [5.41, 5.74) is 4.10. The van der Waals surface area contributed by atoms with E-state index in [2.05, 4.69) is 47.2 Å². The Kier molecular flexibility index (Phi) is 4.71. The van der Waals surface area contributed by atoms with Crippen molar-refractivity contribution in [1.29, 1.82) is 5.26 Å². The van der Waals surface area contributed by atoms with Gasteiger partial charge in [-0.3, -0.25) is 9.69 Å². The van der Waals surface area contributed by atoms with Gasteiger partial charge in [0.15, 0.2) is 5.11 Å². The molecule has 29 heavy (non-hydrogen) atoms. The minimum absolute atomic E-state index is 0.241. The molecule has 1 saturated heterocycles. The number of carbonyl (C=O) groups excluding carboxylic acids is 1. The zero-order chi connectivity index (χ0) is 20.8. The maximum absolute atomic E-state index is 12.0. The first-order valence-corrected chi connectivity index (χ1v) is 10.1. The molecule has 1 aliphatic heterocycles. The molecule has 4 rings (SSSR count). The van der Waals surface area contributed by atoms with E-state index in [1.165, 1.54) is 12.5 Å². The average Bonchev–Trinajstić information content (AvgIpc) is 2.90. The topological polar surface area (TPSA) is 59.7 Å². The first-order valence-electron chi connectivity index (χ1n) is 9.69. The van der Waals surface area contributed by atoms with Crippen molar-refractivity contribution in [3.8, 4) is 6.07 Å². The summed E-state index contributed by atoms with van der Waals surface area (Å²) in [6.45, 7) is 5.43. The average molecular weight is 403 g/mol. The van der Waals surface area contributed by atoms with Crippen LogP contribution in [-0.2, 0) is 4.79 Å². The molecule has 0 aromatic heterocycles. The van der Waals surface area contributed by atoms with Crippen LogP contribution in [-0.4, -0.2) is 22.4 Å². The number of benzene rings is 2. The lowest BCUT2D eigenvalue weighted by molar-refractivity contribution is -0.115. The number of nitrogens with zero attached hydrogens (tertiary/aromatic N) is 4. The Labute approximate surface area is 176 Å². The quantitative estimate of drug-likeness (QED) is 0.684. The van der Waals surface area contributed by atoms with Crippen LogP contribution in [0.4, 0.5) is 11.4 Å². The van der Waals surface area contributed by atoms with Gasteiger partial charge >= 0.3 is 0 Å². The molecular formula is C23H22N4OS. The predicted octanol–water partition coefficient (Wildman–Crippen LogP) is 4.65. The van der Waals surface area contributed by atoms with Crippen molar-refractivity contribution in [2.24, 2.45) is 4.99 Å². The van der Waals surface area contributed by atoms with Crippen LogP contribution in [0, 0.1) is 25.2 Å². The summed E-state index contributed by atoms with van der Waals surface area (Å²) in [5, 5.41) is 9.88. The van der Waals surface area contributed by atoms with Crippen LogP contribution >= 0.6 is 12.2 Å².